The first-order valence-electron chi connectivity index (χ1n) is 6.43. The number of hydrogen-bond donors (Lipinski definition) is 1. The first-order valence-corrected chi connectivity index (χ1v) is 7.22. The number of halogens is 1. The molecule has 0 radical (unpaired) electrons. The van der Waals surface area contributed by atoms with Crippen molar-refractivity contribution in [2.24, 2.45) is 5.92 Å². The normalized spacial score (nSPS) is 13.1. The van der Waals surface area contributed by atoms with E-state index in [0.717, 1.165) is 4.47 Å². The van der Waals surface area contributed by atoms with Crippen molar-refractivity contribution in [1.29, 1.82) is 5.26 Å². The van der Waals surface area contributed by atoms with E-state index in [1.807, 2.05) is 13.8 Å². The van der Waals surface area contributed by atoms with Crippen LogP contribution in [0.15, 0.2) is 28.7 Å². The van der Waals surface area contributed by atoms with Gasteiger partial charge in [0.15, 0.2) is 6.61 Å². The van der Waals surface area contributed by atoms with Crippen molar-refractivity contribution in [1.82, 2.24) is 5.32 Å². The third kappa shape index (κ3) is 4.87. The molecule has 1 atom stereocenters. The Labute approximate surface area is 132 Å². The quantitative estimate of drug-likeness (QED) is 0.826. The van der Waals surface area contributed by atoms with Gasteiger partial charge in [-0.1, -0.05) is 35.8 Å². The number of ether oxygens (including phenoxy) is 1. The molecule has 1 amide bonds. The molecule has 0 saturated carbocycles. The van der Waals surface area contributed by atoms with Gasteiger partial charge >= 0.3 is 5.97 Å². The summed E-state index contributed by atoms with van der Waals surface area (Å²) in [6, 6.07) is 8.74. The number of hydrogen-bond acceptors (Lipinski definition) is 4. The number of esters is 1. The standard InChI is InChI=1S/C15H17BrN2O3/c1-10(2)15(3,9-17)18-13(19)8-21-14(20)11-5-4-6-12(16)7-11/h4-7,10H,8H2,1-3H3,(H,18,19)/t15-/m0/s1. The van der Waals surface area contributed by atoms with Crippen LogP contribution in [0.3, 0.4) is 0 Å². The van der Waals surface area contributed by atoms with Gasteiger partial charge in [-0.15, -0.1) is 0 Å². The maximum atomic E-state index is 11.8. The SMILES string of the molecule is CC(C)[C@](C)(C#N)NC(=O)COC(=O)c1cccc(Br)c1. The molecule has 6 heteroatoms. The molecule has 0 bridgehead atoms. The van der Waals surface area contributed by atoms with Crippen molar-refractivity contribution in [3.05, 3.63) is 34.3 Å². The van der Waals surface area contributed by atoms with Crippen molar-refractivity contribution < 1.29 is 14.3 Å². The van der Waals surface area contributed by atoms with E-state index in [4.69, 9.17) is 10.00 Å². The molecule has 1 aromatic carbocycles. The van der Waals surface area contributed by atoms with Crippen molar-refractivity contribution in [3.63, 3.8) is 0 Å². The zero-order valence-electron chi connectivity index (χ0n) is 12.1. The van der Waals surface area contributed by atoms with Gasteiger partial charge in [-0.05, 0) is 31.0 Å². The first kappa shape index (κ1) is 17.2. The summed E-state index contributed by atoms with van der Waals surface area (Å²) in [5.74, 6) is -1.15. The number of amides is 1. The fourth-order valence-electron chi connectivity index (χ4n) is 1.46. The van der Waals surface area contributed by atoms with E-state index >= 15 is 0 Å². The number of nitriles is 1. The van der Waals surface area contributed by atoms with Gasteiger partial charge in [0.05, 0.1) is 11.6 Å². The number of carbonyl (C=O) groups excluding carboxylic acids is 2. The van der Waals surface area contributed by atoms with Crippen LogP contribution in [0.1, 0.15) is 31.1 Å². The van der Waals surface area contributed by atoms with Crippen molar-refractivity contribution >= 4 is 27.8 Å². The maximum Gasteiger partial charge on any atom is 0.338 e. The van der Waals surface area contributed by atoms with Gasteiger partial charge < -0.3 is 10.1 Å². The van der Waals surface area contributed by atoms with Gasteiger partial charge in [0, 0.05) is 4.47 Å². The predicted molar refractivity (Wildman–Crippen MR) is 81.4 cm³/mol. The summed E-state index contributed by atoms with van der Waals surface area (Å²) in [6.45, 7) is 4.87. The molecule has 21 heavy (non-hydrogen) atoms. The minimum absolute atomic E-state index is 0.0627. The number of rotatable bonds is 5. The molecule has 5 nitrogen and oxygen atoms in total. The number of carbonyl (C=O) groups is 2. The molecule has 1 rings (SSSR count). The summed E-state index contributed by atoms with van der Waals surface area (Å²) < 4.78 is 5.68. The van der Waals surface area contributed by atoms with Gasteiger partial charge in [-0.25, -0.2) is 4.79 Å². The lowest BCUT2D eigenvalue weighted by molar-refractivity contribution is -0.125. The summed E-state index contributed by atoms with van der Waals surface area (Å²) >= 11 is 3.25. The summed E-state index contributed by atoms with van der Waals surface area (Å²) in [6.07, 6.45) is 0. The van der Waals surface area contributed by atoms with E-state index in [0.29, 0.717) is 5.56 Å². The highest BCUT2D eigenvalue weighted by Gasteiger charge is 2.30. The van der Waals surface area contributed by atoms with Crippen molar-refractivity contribution in [3.8, 4) is 6.07 Å². The van der Waals surface area contributed by atoms with Crippen LogP contribution >= 0.6 is 15.9 Å². The molecular formula is C15H17BrN2O3. The highest BCUT2D eigenvalue weighted by molar-refractivity contribution is 9.10. The van der Waals surface area contributed by atoms with Crippen LogP contribution in [-0.2, 0) is 9.53 Å². The van der Waals surface area contributed by atoms with Crippen LogP contribution in [0.2, 0.25) is 0 Å². The maximum absolute atomic E-state index is 11.8. The third-order valence-electron chi connectivity index (χ3n) is 3.18. The minimum atomic E-state index is -0.987. The molecule has 0 fully saturated rings. The van der Waals surface area contributed by atoms with E-state index in [-0.39, 0.29) is 5.92 Å². The van der Waals surface area contributed by atoms with Gasteiger partial charge in [-0.3, -0.25) is 4.79 Å². The van der Waals surface area contributed by atoms with E-state index in [2.05, 4.69) is 27.3 Å². The average Bonchev–Trinajstić information content (AvgIpc) is 2.44. The van der Waals surface area contributed by atoms with Crippen LogP contribution in [-0.4, -0.2) is 24.0 Å². The second-order valence-corrected chi connectivity index (χ2v) is 6.02. The zero-order chi connectivity index (χ0) is 16.0. The van der Waals surface area contributed by atoms with Gasteiger partial charge in [0.1, 0.15) is 5.54 Å². The topological polar surface area (TPSA) is 79.2 Å². The Balaban J connectivity index is 2.58. The Bertz CT molecular complexity index is 581. The molecule has 0 saturated heterocycles. The molecule has 0 heterocycles. The molecule has 0 aliphatic rings. The van der Waals surface area contributed by atoms with E-state index in [9.17, 15) is 9.59 Å². The molecule has 112 valence electrons. The van der Waals surface area contributed by atoms with Gasteiger partial charge in [0.2, 0.25) is 0 Å². The highest BCUT2D eigenvalue weighted by Crippen LogP contribution is 2.15. The Kier molecular flexibility index (Phi) is 5.91. The van der Waals surface area contributed by atoms with Crippen molar-refractivity contribution in [2.75, 3.05) is 6.61 Å². The number of nitrogens with zero attached hydrogens (tertiary/aromatic N) is 1. The molecule has 1 aromatic rings. The van der Waals surface area contributed by atoms with Crippen LogP contribution in [0, 0.1) is 17.2 Å². The summed E-state index contributed by atoms with van der Waals surface area (Å²) in [5, 5.41) is 11.7. The largest absolute Gasteiger partial charge is 0.452 e. The van der Waals surface area contributed by atoms with Gasteiger partial charge in [0.25, 0.3) is 5.91 Å². The molecular weight excluding hydrogens is 336 g/mol. The highest BCUT2D eigenvalue weighted by atomic mass is 79.9. The second-order valence-electron chi connectivity index (χ2n) is 5.10. The van der Waals surface area contributed by atoms with E-state index in [1.165, 1.54) is 0 Å². The summed E-state index contributed by atoms with van der Waals surface area (Å²) in [4.78, 5) is 23.6. The van der Waals surface area contributed by atoms with Crippen LogP contribution in [0.25, 0.3) is 0 Å². The number of nitrogens with one attached hydrogen (secondary N) is 1. The van der Waals surface area contributed by atoms with Crippen molar-refractivity contribution in [2.45, 2.75) is 26.3 Å². The number of benzene rings is 1. The van der Waals surface area contributed by atoms with Crippen LogP contribution < -0.4 is 5.32 Å². The lowest BCUT2D eigenvalue weighted by Crippen LogP contribution is -2.50. The molecule has 0 aliphatic heterocycles. The zero-order valence-corrected chi connectivity index (χ0v) is 13.7. The smallest absolute Gasteiger partial charge is 0.338 e. The molecule has 1 N–H and O–H groups in total. The Morgan fingerprint density at radius 3 is 2.67 bits per heavy atom. The lowest BCUT2D eigenvalue weighted by atomic mass is 9.90. The second kappa shape index (κ2) is 7.23. The molecule has 0 aliphatic carbocycles. The fraction of sp³-hybridized carbons (Fsp3) is 0.400. The summed E-state index contributed by atoms with van der Waals surface area (Å²) in [7, 11) is 0. The Morgan fingerprint density at radius 2 is 2.14 bits per heavy atom. The predicted octanol–water partition coefficient (Wildman–Crippen LogP) is 2.66. The molecule has 0 spiro atoms. The van der Waals surface area contributed by atoms with Crippen LogP contribution in [0.4, 0.5) is 0 Å². The van der Waals surface area contributed by atoms with E-state index in [1.54, 1.807) is 31.2 Å². The molecule has 0 aromatic heterocycles. The average molecular weight is 353 g/mol. The molecule has 0 unspecified atom stereocenters. The Morgan fingerprint density at radius 1 is 1.48 bits per heavy atom. The monoisotopic (exact) mass is 352 g/mol. The minimum Gasteiger partial charge on any atom is -0.452 e. The lowest BCUT2D eigenvalue weighted by Gasteiger charge is -2.27. The van der Waals surface area contributed by atoms with Gasteiger partial charge in [-0.2, -0.15) is 5.26 Å². The first-order chi connectivity index (χ1) is 9.78. The summed E-state index contributed by atoms with van der Waals surface area (Å²) in [5.41, 5.74) is -0.636. The Hall–Kier alpha value is -1.87. The third-order valence-corrected chi connectivity index (χ3v) is 3.67. The fourth-order valence-corrected chi connectivity index (χ4v) is 1.86. The van der Waals surface area contributed by atoms with Crippen LogP contribution in [0.5, 0.6) is 0 Å². The van der Waals surface area contributed by atoms with E-state index < -0.39 is 24.0 Å².